The summed E-state index contributed by atoms with van der Waals surface area (Å²) in [6.07, 6.45) is 3.63. The largest absolute Gasteiger partial charge is 0.477 e. The molecule has 1 aromatic heterocycles. The van der Waals surface area contributed by atoms with Gasteiger partial charge in [0.1, 0.15) is 16.6 Å². The second-order valence-corrected chi connectivity index (χ2v) is 3.59. The van der Waals surface area contributed by atoms with Gasteiger partial charge in [-0.05, 0) is 22.4 Å². The van der Waals surface area contributed by atoms with E-state index in [9.17, 15) is 0 Å². The molecule has 0 aliphatic carbocycles. The van der Waals surface area contributed by atoms with Crippen LogP contribution in [0.1, 0.15) is 19.8 Å². The molecule has 0 bridgehead atoms. The summed E-state index contributed by atoms with van der Waals surface area (Å²) in [5.74, 6) is 1.34. The Labute approximate surface area is 92.2 Å². The first-order valence-electron chi connectivity index (χ1n) is 4.60. The summed E-state index contributed by atoms with van der Waals surface area (Å²) >= 11 is 3.38. The van der Waals surface area contributed by atoms with Crippen molar-refractivity contribution in [2.75, 3.05) is 19.0 Å². The lowest BCUT2D eigenvalue weighted by atomic mass is 10.4. The molecule has 1 N–H and O–H groups in total. The van der Waals surface area contributed by atoms with Crippen molar-refractivity contribution in [3.05, 3.63) is 10.8 Å². The quantitative estimate of drug-likeness (QED) is 0.826. The summed E-state index contributed by atoms with van der Waals surface area (Å²) in [5.41, 5.74) is 0. The van der Waals surface area contributed by atoms with E-state index in [1.54, 1.807) is 0 Å². The van der Waals surface area contributed by atoms with E-state index < -0.39 is 0 Å². The zero-order chi connectivity index (χ0) is 10.4. The minimum absolute atomic E-state index is 0.595. The third-order valence-electron chi connectivity index (χ3n) is 1.73. The Morgan fingerprint density at radius 2 is 2.29 bits per heavy atom. The number of nitrogens with one attached hydrogen (secondary N) is 1. The number of ether oxygens (including phenoxy) is 1. The molecular formula is C9H14BrN3O. The highest BCUT2D eigenvalue weighted by Gasteiger charge is 2.07. The Morgan fingerprint density at radius 1 is 1.50 bits per heavy atom. The van der Waals surface area contributed by atoms with Crippen molar-refractivity contribution in [2.45, 2.75) is 19.8 Å². The Hall–Kier alpha value is -0.840. The van der Waals surface area contributed by atoms with Crippen LogP contribution in [0.5, 0.6) is 5.88 Å². The normalized spacial score (nSPS) is 9.93. The topological polar surface area (TPSA) is 47.0 Å². The van der Waals surface area contributed by atoms with Gasteiger partial charge in [-0.1, -0.05) is 13.3 Å². The minimum Gasteiger partial charge on any atom is -0.477 e. The summed E-state index contributed by atoms with van der Waals surface area (Å²) in [6.45, 7) is 2.81. The lowest BCUT2D eigenvalue weighted by Crippen LogP contribution is -2.02. The van der Waals surface area contributed by atoms with Crippen LogP contribution in [0.3, 0.4) is 0 Å². The smallest absolute Gasteiger partial charge is 0.233 e. The molecule has 0 aliphatic rings. The predicted molar refractivity (Wildman–Crippen MR) is 59.7 cm³/mol. The Morgan fingerprint density at radius 3 is 2.93 bits per heavy atom. The average Bonchev–Trinajstić information content (AvgIpc) is 2.21. The van der Waals surface area contributed by atoms with Gasteiger partial charge in [0.05, 0.1) is 6.61 Å². The fourth-order valence-electron chi connectivity index (χ4n) is 0.942. The second-order valence-electron chi connectivity index (χ2n) is 2.79. The molecule has 0 saturated carbocycles. The van der Waals surface area contributed by atoms with Gasteiger partial charge in [0.25, 0.3) is 0 Å². The predicted octanol–water partition coefficient (Wildman–Crippen LogP) is 2.46. The van der Waals surface area contributed by atoms with Crippen LogP contribution >= 0.6 is 15.9 Å². The van der Waals surface area contributed by atoms with Crippen molar-refractivity contribution in [1.82, 2.24) is 9.97 Å². The maximum atomic E-state index is 5.48. The van der Waals surface area contributed by atoms with Crippen LogP contribution in [-0.2, 0) is 0 Å². The molecule has 5 heteroatoms. The average molecular weight is 260 g/mol. The van der Waals surface area contributed by atoms with E-state index in [0.29, 0.717) is 12.5 Å². The number of unbranched alkanes of at least 4 members (excludes halogenated alkanes) is 1. The molecular weight excluding hydrogens is 246 g/mol. The highest BCUT2D eigenvalue weighted by Crippen LogP contribution is 2.27. The monoisotopic (exact) mass is 259 g/mol. The number of anilines is 1. The molecule has 0 atom stereocenters. The molecule has 1 heterocycles. The van der Waals surface area contributed by atoms with Gasteiger partial charge in [-0.2, -0.15) is 0 Å². The summed E-state index contributed by atoms with van der Waals surface area (Å²) < 4.78 is 6.26. The third-order valence-corrected chi connectivity index (χ3v) is 2.45. The molecule has 0 amide bonds. The number of hydrogen-bond acceptors (Lipinski definition) is 4. The maximum Gasteiger partial charge on any atom is 0.233 e. The molecule has 14 heavy (non-hydrogen) atoms. The molecule has 0 saturated heterocycles. The molecule has 0 aliphatic heterocycles. The van der Waals surface area contributed by atoms with E-state index in [-0.39, 0.29) is 0 Å². The molecule has 0 unspecified atom stereocenters. The van der Waals surface area contributed by atoms with Crippen molar-refractivity contribution < 1.29 is 4.74 Å². The number of rotatable bonds is 5. The van der Waals surface area contributed by atoms with Crippen LogP contribution in [0.4, 0.5) is 5.82 Å². The van der Waals surface area contributed by atoms with Gasteiger partial charge in [-0.3, -0.25) is 0 Å². The van der Waals surface area contributed by atoms with Gasteiger partial charge >= 0.3 is 0 Å². The van der Waals surface area contributed by atoms with E-state index in [4.69, 9.17) is 4.74 Å². The van der Waals surface area contributed by atoms with Crippen molar-refractivity contribution >= 4 is 21.7 Å². The van der Waals surface area contributed by atoms with Crippen LogP contribution in [0, 0.1) is 0 Å². The first kappa shape index (κ1) is 11.2. The van der Waals surface area contributed by atoms with Gasteiger partial charge in [0.2, 0.25) is 5.88 Å². The van der Waals surface area contributed by atoms with Gasteiger partial charge in [0, 0.05) is 7.05 Å². The van der Waals surface area contributed by atoms with E-state index >= 15 is 0 Å². The lowest BCUT2D eigenvalue weighted by molar-refractivity contribution is 0.295. The van der Waals surface area contributed by atoms with E-state index in [2.05, 4.69) is 38.1 Å². The fraction of sp³-hybridized carbons (Fsp3) is 0.556. The zero-order valence-electron chi connectivity index (χ0n) is 8.38. The number of nitrogens with zero attached hydrogens (tertiary/aromatic N) is 2. The van der Waals surface area contributed by atoms with Crippen LogP contribution in [-0.4, -0.2) is 23.6 Å². The van der Waals surface area contributed by atoms with E-state index in [0.717, 1.165) is 23.1 Å². The first-order chi connectivity index (χ1) is 6.79. The van der Waals surface area contributed by atoms with Crippen LogP contribution in [0.15, 0.2) is 10.8 Å². The summed E-state index contributed by atoms with van der Waals surface area (Å²) in [4.78, 5) is 8.08. The molecule has 4 nitrogen and oxygen atoms in total. The maximum absolute atomic E-state index is 5.48. The standard InChI is InChI=1S/C9H14BrN3O/c1-3-4-5-14-9-7(10)8(11-2)12-6-13-9/h6H,3-5H2,1-2H3,(H,11,12,13). The van der Waals surface area contributed by atoms with Gasteiger partial charge < -0.3 is 10.1 Å². The molecule has 0 spiro atoms. The number of halogens is 1. The Kier molecular flexibility index (Phi) is 4.65. The van der Waals surface area contributed by atoms with Crippen molar-refractivity contribution in [3.63, 3.8) is 0 Å². The Balaban J connectivity index is 2.66. The highest BCUT2D eigenvalue weighted by molar-refractivity contribution is 9.10. The van der Waals surface area contributed by atoms with Crippen molar-refractivity contribution in [3.8, 4) is 5.88 Å². The SMILES string of the molecule is CCCCOc1ncnc(NC)c1Br. The number of aromatic nitrogens is 2. The van der Waals surface area contributed by atoms with Crippen molar-refractivity contribution in [1.29, 1.82) is 0 Å². The minimum atomic E-state index is 0.595. The first-order valence-corrected chi connectivity index (χ1v) is 5.40. The lowest BCUT2D eigenvalue weighted by Gasteiger charge is -2.08. The van der Waals surface area contributed by atoms with E-state index in [1.807, 2.05) is 7.05 Å². The second kappa shape index (κ2) is 5.80. The molecule has 78 valence electrons. The molecule has 1 aromatic rings. The molecule has 1 rings (SSSR count). The summed E-state index contributed by atoms with van der Waals surface area (Å²) in [7, 11) is 1.81. The Bertz CT molecular complexity index is 293. The number of hydrogen-bond donors (Lipinski definition) is 1. The molecule has 0 aromatic carbocycles. The van der Waals surface area contributed by atoms with Crippen LogP contribution in [0.25, 0.3) is 0 Å². The van der Waals surface area contributed by atoms with Crippen molar-refractivity contribution in [2.24, 2.45) is 0 Å². The molecule has 0 radical (unpaired) electrons. The third kappa shape index (κ3) is 2.83. The molecule has 0 fully saturated rings. The van der Waals surface area contributed by atoms with Gasteiger partial charge in [0.15, 0.2) is 0 Å². The fourth-order valence-corrected chi connectivity index (χ4v) is 1.46. The summed E-state index contributed by atoms with van der Waals surface area (Å²) in [5, 5.41) is 2.95. The van der Waals surface area contributed by atoms with Gasteiger partial charge in [-0.25, -0.2) is 9.97 Å². The van der Waals surface area contributed by atoms with Crippen LogP contribution < -0.4 is 10.1 Å². The van der Waals surface area contributed by atoms with E-state index in [1.165, 1.54) is 6.33 Å². The van der Waals surface area contributed by atoms with Crippen LogP contribution in [0.2, 0.25) is 0 Å². The zero-order valence-corrected chi connectivity index (χ0v) is 9.97. The van der Waals surface area contributed by atoms with Gasteiger partial charge in [-0.15, -0.1) is 0 Å². The highest BCUT2D eigenvalue weighted by atomic mass is 79.9. The summed E-state index contributed by atoms with van der Waals surface area (Å²) in [6, 6.07) is 0.